The summed E-state index contributed by atoms with van der Waals surface area (Å²) in [6.45, 7) is 5.49. The molecule has 0 aliphatic carbocycles. The van der Waals surface area contributed by atoms with Gasteiger partial charge in [-0.1, -0.05) is 20.8 Å². The summed E-state index contributed by atoms with van der Waals surface area (Å²) in [6.07, 6.45) is -0.714. The molecule has 0 aliphatic heterocycles. The second-order valence-corrected chi connectivity index (χ2v) is 7.40. The zero-order chi connectivity index (χ0) is 23.1. The molecule has 0 saturated heterocycles. The zero-order valence-corrected chi connectivity index (χ0v) is 17.0. The number of hydrogen-bond acceptors (Lipinski definition) is 5. The second kappa shape index (κ2) is 9.80. The number of carbonyl (C=O) groups is 1. The Morgan fingerprint density at radius 2 is 1.87 bits per heavy atom. The molecule has 1 aromatic carbocycles. The molecule has 0 spiro atoms. The summed E-state index contributed by atoms with van der Waals surface area (Å²) in [5, 5.41) is 17.1. The van der Waals surface area contributed by atoms with E-state index >= 15 is 0 Å². The predicted octanol–water partition coefficient (Wildman–Crippen LogP) is 3.62. The average molecular weight is 434 g/mol. The van der Waals surface area contributed by atoms with E-state index in [-0.39, 0.29) is 11.5 Å². The molecule has 164 valence electrons. The first-order chi connectivity index (χ1) is 14.5. The van der Waals surface area contributed by atoms with E-state index in [1.54, 1.807) is 24.5 Å². The monoisotopic (exact) mass is 434 g/mol. The Morgan fingerprint density at radius 1 is 1.19 bits per heavy atom. The van der Waals surface area contributed by atoms with Crippen molar-refractivity contribution >= 4 is 17.6 Å². The number of pyridine rings is 1. The van der Waals surface area contributed by atoms with Gasteiger partial charge in [0.2, 0.25) is 5.96 Å². The third kappa shape index (κ3) is 7.85. The Bertz CT molecular complexity index is 948. The van der Waals surface area contributed by atoms with E-state index in [4.69, 9.17) is 5.26 Å². The van der Waals surface area contributed by atoms with E-state index in [9.17, 15) is 18.0 Å². The quantitative estimate of drug-likeness (QED) is 0.287. The number of aliphatic imine (C=N–C) groups is 1. The number of ether oxygens (including phenoxy) is 1. The van der Waals surface area contributed by atoms with E-state index in [2.05, 4.69) is 30.7 Å². The number of amides is 1. The van der Waals surface area contributed by atoms with Crippen LogP contribution in [0.3, 0.4) is 0 Å². The van der Waals surface area contributed by atoms with Gasteiger partial charge in [-0.05, 0) is 36.4 Å². The number of nitrogens with one attached hydrogen (secondary N) is 3. The molecule has 1 atom stereocenters. The van der Waals surface area contributed by atoms with Crippen molar-refractivity contribution < 1.29 is 22.7 Å². The summed E-state index contributed by atoms with van der Waals surface area (Å²) >= 11 is 0. The number of anilines is 1. The van der Waals surface area contributed by atoms with Crippen molar-refractivity contribution in [3.05, 3.63) is 54.4 Å². The number of nitriles is 1. The van der Waals surface area contributed by atoms with Gasteiger partial charge < -0.3 is 15.4 Å². The molecule has 1 aromatic heterocycles. The maximum Gasteiger partial charge on any atom is 0.573 e. The van der Waals surface area contributed by atoms with Crippen molar-refractivity contribution in [2.75, 3.05) is 5.32 Å². The van der Waals surface area contributed by atoms with Crippen molar-refractivity contribution in [3.63, 3.8) is 0 Å². The van der Waals surface area contributed by atoms with Crippen LogP contribution in [0.2, 0.25) is 0 Å². The van der Waals surface area contributed by atoms with E-state index in [0.29, 0.717) is 5.69 Å². The van der Waals surface area contributed by atoms with Gasteiger partial charge in [-0.25, -0.2) is 4.99 Å². The number of rotatable bonds is 5. The first kappa shape index (κ1) is 23.5. The van der Waals surface area contributed by atoms with E-state index in [1.165, 1.54) is 18.3 Å². The van der Waals surface area contributed by atoms with Gasteiger partial charge >= 0.3 is 6.36 Å². The largest absolute Gasteiger partial charge is 0.573 e. The molecular weight excluding hydrogens is 413 g/mol. The molecular formula is C20H21F3N6O2. The number of nitrogens with zero attached hydrogens (tertiary/aromatic N) is 3. The minimum absolute atomic E-state index is 0.0876. The Balaban J connectivity index is 2.20. The highest BCUT2D eigenvalue weighted by Gasteiger charge is 2.31. The lowest BCUT2D eigenvalue weighted by Crippen LogP contribution is -2.44. The van der Waals surface area contributed by atoms with Crippen LogP contribution in [0.4, 0.5) is 18.9 Å². The Morgan fingerprint density at radius 3 is 2.39 bits per heavy atom. The van der Waals surface area contributed by atoms with Crippen LogP contribution in [0.15, 0.2) is 53.8 Å². The van der Waals surface area contributed by atoms with E-state index in [0.717, 1.165) is 12.1 Å². The molecule has 1 amide bonds. The Kier molecular flexibility index (Phi) is 7.42. The predicted molar refractivity (Wildman–Crippen MR) is 108 cm³/mol. The summed E-state index contributed by atoms with van der Waals surface area (Å²) in [4.78, 5) is 21.0. The number of benzene rings is 1. The minimum atomic E-state index is -4.82. The van der Waals surface area contributed by atoms with Gasteiger partial charge in [0, 0.05) is 17.2 Å². The molecule has 1 heterocycles. The molecule has 1 unspecified atom stereocenters. The third-order valence-corrected chi connectivity index (χ3v) is 3.79. The summed E-state index contributed by atoms with van der Waals surface area (Å²) in [7, 11) is 0. The maximum absolute atomic E-state index is 12.6. The van der Waals surface area contributed by atoms with Crippen LogP contribution < -0.4 is 20.7 Å². The van der Waals surface area contributed by atoms with Gasteiger partial charge in [0.1, 0.15) is 11.9 Å². The van der Waals surface area contributed by atoms with Crippen LogP contribution in [-0.2, 0) is 0 Å². The molecule has 0 aliphatic rings. The number of alkyl halides is 3. The number of hydrogen-bond donors (Lipinski definition) is 3. The highest BCUT2D eigenvalue weighted by molar-refractivity contribution is 5.96. The van der Waals surface area contributed by atoms with Crippen molar-refractivity contribution in [2.24, 2.45) is 10.4 Å². The first-order valence-electron chi connectivity index (χ1n) is 9.04. The summed E-state index contributed by atoms with van der Waals surface area (Å²) < 4.78 is 40.7. The molecule has 0 saturated carbocycles. The maximum atomic E-state index is 12.6. The van der Waals surface area contributed by atoms with Crippen LogP contribution in [0.5, 0.6) is 5.75 Å². The third-order valence-electron chi connectivity index (χ3n) is 3.79. The fourth-order valence-corrected chi connectivity index (χ4v) is 2.31. The van der Waals surface area contributed by atoms with E-state index in [1.807, 2.05) is 20.8 Å². The van der Waals surface area contributed by atoms with Crippen molar-refractivity contribution in [1.82, 2.24) is 15.6 Å². The van der Waals surface area contributed by atoms with Gasteiger partial charge in [0.05, 0.1) is 11.9 Å². The summed E-state index contributed by atoms with van der Waals surface area (Å²) in [6, 6.07) is 7.93. The summed E-state index contributed by atoms with van der Waals surface area (Å²) in [5.41, 5.74) is 0.130. The molecule has 31 heavy (non-hydrogen) atoms. The summed E-state index contributed by atoms with van der Waals surface area (Å²) in [5.74, 6) is -0.903. The van der Waals surface area contributed by atoms with Crippen molar-refractivity contribution in [3.8, 4) is 11.9 Å². The highest BCUT2D eigenvalue weighted by atomic mass is 19.4. The van der Waals surface area contributed by atoms with Crippen molar-refractivity contribution in [1.29, 1.82) is 5.26 Å². The smallest absolute Gasteiger partial charge is 0.406 e. The molecule has 0 fully saturated rings. The molecule has 3 N–H and O–H groups in total. The number of guanidine groups is 1. The lowest BCUT2D eigenvalue weighted by Gasteiger charge is -2.29. The number of halogens is 3. The average Bonchev–Trinajstić information content (AvgIpc) is 2.67. The van der Waals surface area contributed by atoms with Crippen LogP contribution >= 0.6 is 0 Å². The standard InChI is InChI=1S/C20H21F3N6O2/c1-19(2,3)17(29-18(26-12-24)27-14-5-4-10-25-11-14)28-16(30)13-6-8-15(9-7-13)31-20(21,22)23/h4-11,17H,1-3H3,(H,28,30)(H2,26,27,29). The Labute approximate surface area is 177 Å². The second-order valence-electron chi connectivity index (χ2n) is 7.40. The zero-order valence-electron chi connectivity index (χ0n) is 17.0. The molecule has 2 aromatic rings. The lowest BCUT2D eigenvalue weighted by atomic mass is 9.92. The molecule has 0 bridgehead atoms. The fraction of sp³-hybridized carbons (Fsp3) is 0.300. The first-order valence-corrected chi connectivity index (χ1v) is 9.04. The lowest BCUT2D eigenvalue weighted by molar-refractivity contribution is -0.274. The van der Waals surface area contributed by atoms with Gasteiger partial charge in [-0.3, -0.25) is 15.1 Å². The van der Waals surface area contributed by atoms with Gasteiger partial charge in [0.25, 0.3) is 5.91 Å². The van der Waals surface area contributed by atoms with Crippen LogP contribution in [0.1, 0.15) is 31.1 Å². The van der Waals surface area contributed by atoms with Crippen LogP contribution in [-0.4, -0.2) is 29.4 Å². The topological polar surface area (TPSA) is 111 Å². The normalized spacial score (nSPS) is 13.0. The Hall–Kier alpha value is -3.81. The van der Waals surface area contributed by atoms with Crippen LogP contribution in [0, 0.1) is 16.9 Å². The fourth-order valence-electron chi connectivity index (χ4n) is 2.31. The molecule has 0 radical (unpaired) electrons. The van der Waals surface area contributed by atoms with Crippen LogP contribution in [0.25, 0.3) is 0 Å². The molecule has 11 heteroatoms. The minimum Gasteiger partial charge on any atom is -0.406 e. The highest BCUT2D eigenvalue weighted by Crippen LogP contribution is 2.24. The number of carbonyl (C=O) groups excluding carboxylic acids is 1. The SMILES string of the molecule is CC(C)(C)C(N=C(NC#N)Nc1cccnc1)NC(=O)c1ccc(OC(F)(F)F)cc1. The van der Waals surface area contributed by atoms with Crippen molar-refractivity contribution in [2.45, 2.75) is 33.3 Å². The van der Waals surface area contributed by atoms with Gasteiger partial charge in [-0.15, -0.1) is 13.2 Å². The molecule has 2 rings (SSSR count). The van der Waals surface area contributed by atoms with Gasteiger partial charge in [-0.2, -0.15) is 5.26 Å². The number of aromatic nitrogens is 1. The molecule has 8 nitrogen and oxygen atoms in total. The van der Waals surface area contributed by atoms with Gasteiger partial charge in [0.15, 0.2) is 6.19 Å². The van der Waals surface area contributed by atoms with E-state index < -0.39 is 29.6 Å².